The van der Waals surface area contributed by atoms with Gasteiger partial charge in [-0.3, -0.25) is 4.99 Å². The Balaban J connectivity index is 1.56. The van der Waals surface area contributed by atoms with Crippen LogP contribution in [-0.4, -0.2) is 30.4 Å². The normalized spacial score (nSPS) is 19.6. The van der Waals surface area contributed by atoms with Crippen LogP contribution in [0.1, 0.15) is 48.4 Å². The molecule has 2 N–H and O–H groups in total. The summed E-state index contributed by atoms with van der Waals surface area (Å²) in [6, 6.07) is 6.28. The topological polar surface area (TPSA) is 58.5 Å². The van der Waals surface area contributed by atoms with E-state index in [-0.39, 0.29) is 17.7 Å². The summed E-state index contributed by atoms with van der Waals surface area (Å²) in [6.45, 7) is 4.74. The Kier molecular flexibility index (Phi) is 6.12. The van der Waals surface area contributed by atoms with E-state index in [1.165, 1.54) is 12.1 Å². The van der Waals surface area contributed by atoms with E-state index in [4.69, 9.17) is 0 Å². The van der Waals surface area contributed by atoms with Gasteiger partial charge in [-0.05, 0) is 24.0 Å². The minimum absolute atomic E-state index is 0.00621. The SMILES string of the molecule is CN=C(NCc1nc(C(C)C)cs1)NC1CC1c1ccccc1OC(F)(F)F. The van der Waals surface area contributed by atoms with Crippen molar-refractivity contribution in [2.45, 2.75) is 51.1 Å². The van der Waals surface area contributed by atoms with Gasteiger partial charge in [0, 0.05) is 24.4 Å². The fourth-order valence-electron chi connectivity index (χ4n) is 2.90. The number of hydrogen-bond acceptors (Lipinski definition) is 4. The van der Waals surface area contributed by atoms with Gasteiger partial charge in [-0.25, -0.2) is 4.98 Å². The third-order valence-corrected chi connectivity index (χ3v) is 5.32. The maximum absolute atomic E-state index is 12.6. The van der Waals surface area contributed by atoms with Gasteiger partial charge in [-0.2, -0.15) is 0 Å². The molecular formula is C19H23F3N4OS. The largest absolute Gasteiger partial charge is 0.573 e. The number of thiazole rings is 1. The summed E-state index contributed by atoms with van der Waals surface area (Å²) in [5.41, 5.74) is 1.61. The average molecular weight is 412 g/mol. The van der Waals surface area contributed by atoms with Crippen molar-refractivity contribution < 1.29 is 17.9 Å². The van der Waals surface area contributed by atoms with Crippen molar-refractivity contribution in [2.75, 3.05) is 7.05 Å². The van der Waals surface area contributed by atoms with E-state index < -0.39 is 6.36 Å². The molecule has 0 radical (unpaired) electrons. The summed E-state index contributed by atoms with van der Waals surface area (Å²) in [6.07, 6.45) is -3.98. The number of ether oxygens (including phenoxy) is 1. The van der Waals surface area contributed by atoms with Crippen molar-refractivity contribution in [3.05, 3.63) is 45.9 Å². The predicted molar refractivity (Wildman–Crippen MR) is 104 cm³/mol. The van der Waals surface area contributed by atoms with Crippen molar-refractivity contribution in [1.29, 1.82) is 0 Å². The van der Waals surface area contributed by atoms with Crippen molar-refractivity contribution in [3.8, 4) is 5.75 Å². The Morgan fingerprint density at radius 2 is 2.11 bits per heavy atom. The summed E-state index contributed by atoms with van der Waals surface area (Å²) in [7, 11) is 1.66. The molecule has 0 bridgehead atoms. The quantitative estimate of drug-likeness (QED) is 0.546. The van der Waals surface area contributed by atoms with Gasteiger partial charge in [0.25, 0.3) is 0 Å². The van der Waals surface area contributed by atoms with Crippen LogP contribution in [0.25, 0.3) is 0 Å². The third kappa shape index (κ3) is 5.37. The molecule has 0 spiro atoms. The van der Waals surface area contributed by atoms with Crippen LogP contribution in [0.15, 0.2) is 34.6 Å². The highest BCUT2D eigenvalue weighted by Crippen LogP contribution is 2.45. The molecule has 2 unspecified atom stereocenters. The van der Waals surface area contributed by atoms with Crippen LogP contribution in [0.3, 0.4) is 0 Å². The lowest BCUT2D eigenvalue weighted by atomic mass is 10.1. The smallest absolute Gasteiger partial charge is 0.405 e. The monoisotopic (exact) mass is 412 g/mol. The Morgan fingerprint density at radius 3 is 2.75 bits per heavy atom. The molecule has 5 nitrogen and oxygen atoms in total. The van der Waals surface area contributed by atoms with E-state index in [0.717, 1.165) is 10.7 Å². The first-order chi connectivity index (χ1) is 13.3. The van der Waals surface area contributed by atoms with E-state index in [1.807, 2.05) is 5.38 Å². The number of para-hydroxylation sites is 1. The second-order valence-electron chi connectivity index (χ2n) is 6.93. The Morgan fingerprint density at radius 1 is 1.36 bits per heavy atom. The number of benzene rings is 1. The van der Waals surface area contributed by atoms with Gasteiger partial charge in [0.2, 0.25) is 0 Å². The molecule has 1 heterocycles. The van der Waals surface area contributed by atoms with Crippen LogP contribution in [0, 0.1) is 0 Å². The van der Waals surface area contributed by atoms with Crippen LogP contribution in [0.5, 0.6) is 5.75 Å². The number of nitrogens with one attached hydrogen (secondary N) is 2. The van der Waals surface area contributed by atoms with Crippen molar-refractivity contribution in [1.82, 2.24) is 15.6 Å². The van der Waals surface area contributed by atoms with E-state index in [1.54, 1.807) is 30.5 Å². The molecule has 1 fully saturated rings. The molecule has 1 saturated carbocycles. The highest BCUT2D eigenvalue weighted by molar-refractivity contribution is 7.09. The van der Waals surface area contributed by atoms with E-state index >= 15 is 0 Å². The lowest BCUT2D eigenvalue weighted by Gasteiger charge is -2.14. The molecule has 1 aromatic carbocycles. The number of alkyl halides is 3. The first-order valence-electron chi connectivity index (χ1n) is 9.03. The Hall–Kier alpha value is -2.29. The lowest BCUT2D eigenvalue weighted by Crippen LogP contribution is -2.38. The third-order valence-electron chi connectivity index (χ3n) is 4.45. The van der Waals surface area contributed by atoms with Crippen LogP contribution >= 0.6 is 11.3 Å². The number of aromatic nitrogens is 1. The molecule has 2 atom stereocenters. The number of aliphatic imine (C=N–C) groups is 1. The zero-order valence-electron chi connectivity index (χ0n) is 15.9. The molecule has 2 aromatic rings. The summed E-state index contributed by atoms with van der Waals surface area (Å²) < 4.78 is 42.0. The first-order valence-corrected chi connectivity index (χ1v) is 9.91. The molecule has 0 aliphatic heterocycles. The van der Waals surface area contributed by atoms with E-state index in [9.17, 15) is 13.2 Å². The van der Waals surface area contributed by atoms with Crippen LogP contribution in [0.2, 0.25) is 0 Å². The van der Waals surface area contributed by atoms with Crippen LogP contribution in [-0.2, 0) is 6.54 Å². The zero-order valence-corrected chi connectivity index (χ0v) is 16.7. The van der Waals surface area contributed by atoms with Gasteiger partial charge in [0.1, 0.15) is 10.8 Å². The number of guanidine groups is 1. The summed E-state index contributed by atoms with van der Waals surface area (Å²) in [5, 5.41) is 9.48. The van der Waals surface area contributed by atoms with Crippen LogP contribution in [0.4, 0.5) is 13.2 Å². The molecule has 152 valence electrons. The molecule has 3 rings (SSSR count). The average Bonchev–Trinajstić information content (AvgIpc) is 3.21. The fraction of sp³-hybridized carbons (Fsp3) is 0.474. The zero-order chi connectivity index (χ0) is 20.3. The van der Waals surface area contributed by atoms with Gasteiger partial charge in [0.05, 0.1) is 12.2 Å². The summed E-state index contributed by atoms with van der Waals surface area (Å²) >= 11 is 1.59. The van der Waals surface area contributed by atoms with Crippen LogP contribution < -0.4 is 15.4 Å². The van der Waals surface area contributed by atoms with Gasteiger partial charge >= 0.3 is 6.36 Å². The maximum Gasteiger partial charge on any atom is 0.573 e. The maximum atomic E-state index is 12.6. The molecule has 1 aromatic heterocycles. The molecule has 0 amide bonds. The lowest BCUT2D eigenvalue weighted by molar-refractivity contribution is -0.274. The van der Waals surface area contributed by atoms with Crippen molar-refractivity contribution >= 4 is 17.3 Å². The molecular weight excluding hydrogens is 389 g/mol. The van der Waals surface area contributed by atoms with Gasteiger partial charge < -0.3 is 15.4 Å². The highest BCUT2D eigenvalue weighted by atomic mass is 32.1. The number of halogens is 3. The second-order valence-corrected chi connectivity index (χ2v) is 7.87. The molecule has 0 saturated heterocycles. The number of nitrogens with zero attached hydrogens (tertiary/aromatic N) is 2. The number of hydrogen-bond donors (Lipinski definition) is 2. The molecule has 9 heteroatoms. The molecule has 1 aliphatic rings. The van der Waals surface area contributed by atoms with Crippen molar-refractivity contribution in [2.24, 2.45) is 4.99 Å². The predicted octanol–water partition coefficient (Wildman–Crippen LogP) is 4.39. The minimum atomic E-state index is -4.70. The highest BCUT2D eigenvalue weighted by Gasteiger charge is 2.42. The van der Waals surface area contributed by atoms with E-state index in [2.05, 4.69) is 39.2 Å². The van der Waals surface area contributed by atoms with Gasteiger partial charge in [-0.1, -0.05) is 32.0 Å². The minimum Gasteiger partial charge on any atom is -0.405 e. The summed E-state index contributed by atoms with van der Waals surface area (Å²) in [5.74, 6) is 0.789. The van der Waals surface area contributed by atoms with Crippen molar-refractivity contribution in [3.63, 3.8) is 0 Å². The van der Waals surface area contributed by atoms with Gasteiger partial charge in [-0.15, -0.1) is 24.5 Å². The summed E-state index contributed by atoms with van der Waals surface area (Å²) in [4.78, 5) is 8.76. The molecule has 28 heavy (non-hydrogen) atoms. The second kappa shape index (κ2) is 8.38. The Labute approximate surface area is 166 Å². The number of rotatable bonds is 6. The first kappa shape index (κ1) is 20.4. The molecule has 1 aliphatic carbocycles. The Bertz CT molecular complexity index is 835. The standard InChI is InChI=1S/C19H23F3N4OS/c1-11(2)15-10-28-17(25-15)9-24-18(23-3)26-14-8-13(14)12-6-4-5-7-16(12)27-19(20,21)22/h4-7,10-11,13-14H,8-9H2,1-3H3,(H2,23,24,26). The fourth-order valence-corrected chi connectivity index (χ4v) is 3.80. The van der Waals surface area contributed by atoms with Gasteiger partial charge in [0.15, 0.2) is 5.96 Å². The van der Waals surface area contributed by atoms with E-state index in [0.29, 0.717) is 30.4 Å².